The molecule has 2 amide bonds. The first-order chi connectivity index (χ1) is 16.6. The van der Waals surface area contributed by atoms with Gasteiger partial charge in [0.15, 0.2) is 0 Å². The fourth-order valence-electron chi connectivity index (χ4n) is 4.52. The summed E-state index contributed by atoms with van der Waals surface area (Å²) < 4.78 is 39.0. The van der Waals surface area contributed by atoms with E-state index in [1.807, 2.05) is 30.3 Å². The van der Waals surface area contributed by atoms with Crippen LogP contribution in [0.15, 0.2) is 48.7 Å². The predicted molar refractivity (Wildman–Crippen MR) is 122 cm³/mol. The van der Waals surface area contributed by atoms with Gasteiger partial charge in [-0.25, -0.2) is 0 Å². The molecule has 0 saturated carbocycles. The van der Waals surface area contributed by atoms with E-state index in [4.69, 9.17) is 0 Å². The summed E-state index contributed by atoms with van der Waals surface area (Å²) in [5.74, 6) is -0.360. The maximum absolute atomic E-state index is 13.1. The largest absolute Gasteiger partial charge is 0.416 e. The average Bonchev–Trinajstić information content (AvgIpc) is 2.83. The van der Waals surface area contributed by atoms with Crippen molar-refractivity contribution >= 4 is 29.3 Å². The van der Waals surface area contributed by atoms with Crippen LogP contribution in [0.2, 0.25) is 0 Å². The van der Waals surface area contributed by atoms with Gasteiger partial charge in [0.05, 0.1) is 22.9 Å². The number of anilines is 1. The topological polar surface area (TPSA) is 87.0 Å². The van der Waals surface area contributed by atoms with Crippen LogP contribution >= 0.6 is 0 Å². The zero-order valence-electron chi connectivity index (χ0n) is 18.9. The predicted octanol–water partition coefficient (Wildman–Crippen LogP) is 4.23. The minimum Gasteiger partial charge on any atom is -0.362 e. The van der Waals surface area contributed by atoms with Crippen LogP contribution in [0.3, 0.4) is 0 Å². The van der Waals surface area contributed by atoms with Crippen molar-refractivity contribution < 1.29 is 27.7 Å². The number of benzene rings is 2. The average molecular weight is 488 g/mol. The van der Waals surface area contributed by atoms with E-state index >= 15 is 0 Å². The molecule has 4 rings (SSSR count). The van der Waals surface area contributed by atoms with Crippen molar-refractivity contribution in [3.63, 3.8) is 0 Å². The van der Waals surface area contributed by atoms with Crippen molar-refractivity contribution in [3.8, 4) is 0 Å². The molecule has 1 fully saturated rings. The number of fused-ring (bicyclic) bond motifs is 1. The molecular weight excluding hydrogens is 465 g/mol. The van der Waals surface area contributed by atoms with Gasteiger partial charge < -0.3 is 14.7 Å². The van der Waals surface area contributed by atoms with Gasteiger partial charge in [0.25, 0.3) is 5.69 Å². The van der Waals surface area contributed by atoms with Gasteiger partial charge in [-0.2, -0.15) is 13.2 Å². The number of nitrogens with zero attached hydrogens (tertiary/aromatic N) is 4. The Balaban J connectivity index is 1.47. The fourth-order valence-corrected chi connectivity index (χ4v) is 4.52. The zero-order valence-corrected chi connectivity index (χ0v) is 18.9. The minimum atomic E-state index is -4.69. The Hall–Kier alpha value is -3.89. The Morgan fingerprint density at radius 2 is 1.77 bits per heavy atom. The summed E-state index contributed by atoms with van der Waals surface area (Å²) in [5, 5.41) is 11.4. The van der Waals surface area contributed by atoms with Gasteiger partial charge in [-0.15, -0.1) is 0 Å². The smallest absolute Gasteiger partial charge is 0.362 e. The summed E-state index contributed by atoms with van der Waals surface area (Å²) >= 11 is 0. The van der Waals surface area contributed by atoms with Crippen LogP contribution in [-0.2, 0) is 15.8 Å². The Morgan fingerprint density at radius 1 is 1.09 bits per heavy atom. The number of nitro groups is 1. The number of hydrogen-bond donors (Lipinski definition) is 0. The first kappa shape index (κ1) is 24.2. The van der Waals surface area contributed by atoms with Crippen LogP contribution in [0, 0.1) is 10.1 Å². The third-order valence-corrected chi connectivity index (χ3v) is 6.31. The molecule has 184 valence electrons. The van der Waals surface area contributed by atoms with Gasteiger partial charge in [-0.05, 0) is 29.3 Å². The summed E-state index contributed by atoms with van der Waals surface area (Å²) in [6.07, 6.45) is -1.12. The molecule has 0 radical (unpaired) electrons. The number of carbonyl (C=O) groups excluding carboxylic acids is 2. The van der Waals surface area contributed by atoms with E-state index in [1.165, 1.54) is 11.8 Å². The van der Waals surface area contributed by atoms with Crippen molar-refractivity contribution in [2.75, 3.05) is 31.1 Å². The quantitative estimate of drug-likeness (QED) is 0.475. The lowest BCUT2D eigenvalue weighted by molar-refractivity contribution is -0.384. The molecule has 2 aliphatic heterocycles. The highest BCUT2D eigenvalue weighted by Gasteiger charge is 2.35. The molecule has 35 heavy (non-hydrogen) atoms. The molecule has 0 bridgehead atoms. The molecule has 1 saturated heterocycles. The molecule has 2 aromatic rings. The highest BCUT2D eigenvalue weighted by molar-refractivity contribution is 5.82. The van der Waals surface area contributed by atoms with E-state index < -0.39 is 28.4 Å². The Labute approximate surface area is 199 Å². The number of piperazine rings is 1. The second-order valence-corrected chi connectivity index (χ2v) is 8.42. The van der Waals surface area contributed by atoms with Gasteiger partial charge >= 0.3 is 6.18 Å². The fraction of sp³-hybridized carbons (Fsp3) is 0.333. The lowest BCUT2D eigenvalue weighted by atomic mass is 9.93. The molecule has 2 aliphatic rings. The first-order valence-corrected chi connectivity index (χ1v) is 11.0. The standard InChI is InChI=1S/C24H23F3N4O4/c1-16(32)30-9-8-17-4-2-3-5-19(17)21(30)15-23(33)29-12-10-28(11-13-29)20-7-6-18(24(25,26)27)14-22(20)31(34)35/h2-9,14,21H,10-13,15H2,1H3. The molecule has 2 heterocycles. The monoisotopic (exact) mass is 488 g/mol. The normalized spacial score (nSPS) is 17.8. The number of nitro benzene ring substituents is 1. The van der Waals surface area contributed by atoms with Crippen LogP contribution in [0.1, 0.15) is 36.1 Å². The Bertz CT molecular complexity index is 1190. The van der Waals surface area contributed by atoms with Crippen LogP contribution < -0.4 is 4.90 Å². The lowest BCUT2D eigenvalue weighted by Gasteiger charge is -2.38. The van der Waals surface area contributed by atoms with Crippen molar-refractivity contribution in [1.82, 2.24) is 9.80 Å². The van der Waals surface area contributed by atoms with Crippen LogP contribution in [0.4, 0.5) is 24.5 Å². The second-order valence-electron chi connectivity index (χ2n) is 8.42. The van der Waals surface area contributed by atoms with Crippen molar-refractivity contribution in [3.05, 3.63) is 75.5 Å². The zero-order chi connectivity index (χ0) is 25.3. The SMILES string of the molecule is CC(=O)N1C=Cc2ccccc2C1CC(=O)N1CCN(c2ccc(C(F)(F)F)cc2[N+](=O)[O-])CC1. The molecule has 0 aromatic heterocycles. The second kappa shape index (κ2) is 9.40. The number of alkyl halides is 3. The van der Waals surface area contributed by atoms with E-state index in [9.17, 15) is 32.9 Å². The van der Waals surface area contributed by atoms with Crippen LogP contribution in [-0.4, -0.2) is 52.7 Å². The molecule has 0 aliphatic carbocycles. The number of hydrogen-bond acceptors (Lipinski definition) is 5. The highest BCUT2D eigenvalue weighted by atomic mass is 19.4. The molecule has 0 N–H and O–H groups in total. The summed E-state index contributed by atoms with van der Waals surface area (Å²) in [6, 6.07) is 9.55. The van der Waals surface area contributed by atoms with Crippen molar-refractivity contribution in [2.45, 2.75) is 25.6 Å². The van der Waals surface area contributed by atoms with E-state index in [0.717, 1.165) is 23.3 Å². The number of carbonyl (C=O) groups is 2. The van der Waals surface area contributed by atoms with Gasteiger partial charge in [-0.1, -0.05) is 24.3 Å². The number of rotatable bonds is 4. The maximum atomic E-state index is 13.1. The van der Waals surface area contributed by atoms with E-state index in [1.54, 1.807) is 16.0 Å². The number of amides is 2. The lowest BCUT2D eigenvalue weighted by Crippen LogP contribution is -2.49. The summed E-state index contributed by atoms with van der Waals surface area (Å²) in [7, 11) is 0. The van der Waals surface area contributed by atoms with E-state index in [2.05, 4.69) is 0 Å². The Morgan fingerprint density at radius 3 is 2.40 bits per heavy atom. The van der Waals surface area contributed by atoms with Gasteiger partial charge in [0.2, 0.25) is 11.8 Å². The first-order valence-electron chi connectivity index (χ1n) is 11.0. The third-order valence-electron chi connectivity index (χ3n) is 6.31. The maximum Gasteiger partial charge on any atom is 0.416 e. The molecule has 0 spiro atoms. The molecule has 2 aromatic carbocycles. The Kier molecular flexibility index (Phi) is 6.51. The van der Waals surface area contributed by atoms with Crippen LogP contribution in [0.25, 0.3) is 6.08 Å². The summed E-state index contributed by atoms with van der Waals surface area (Å²) in [4.78, 5) is 40.7. The van der Waals surface area contributed by atoms with Crippen molar-refractivity contribution in [2.24, 2.45) is 0 Å². The van der Waals surface area contributed by atoms with E-state index in [-0.39, 0.29) is 50.1 Å². The number of halogens is 3. The van der Waals surface area contributed by atoms with Crippen molar-refractivity contribution in [1.29, 1.82) is 0 Å². The summed E-state index contributed by atoms with van der Waals surface area (Å²) in [6.45, 7) is 2.40. The molecule has 1 unspecified atom stereocenters. The van der Waals surface area contributed by atoms with Gasteiger partial charge in [0.1, 0.15) is 5.69 Å². The van der Waals surface area contributed by atoms with Crippen LogP contribution in [0.5, 0.6) is 0 Å². The molecule has 8 nitrogen and oxygen atoms in total. The van der Waals surface area contributed by atoms with Gasteiger partial charge in [0, 0.05) is 45.4 Å². The third kappa shape index (κ3) is 4.98. The minimum absolute atomic E-state index is 0.0708. The van der Waals surface area contributed by atoms with E-state index in [0.29, 0.717) is 6.07 Å². The van der Waals surface area contributed by atoms with Gasteiger partial charge in [-0.3, -0.25) is 19.7 Å². The highest BCUT2D eigenvalue weighted by Crippen LogP contribution is 2.37. The molecular formula is C24H23F3N4O4. The molecule has 1 atom stereocenters. The summed E-state index contributed by atoms with van der Waals surface area (Å²) in [5.41, 5.74) is 0.185. The molecule has 11 heteroatoms.